The SMILES string of the molecule is CCCC[C@@H](CC)CNC(=O)C(=O)Nc1ccc(Cl)cc1F. The highest BCUT2D eigenvalue weighted by atomic mass is 35.5. The first-order chi connectivity index (χ1) is 10.5. The fourth-order valence-corrected chi connectivity index (χ4v) is 2.19. The van der Waals surface area contributed by atoms with E-state index in [1.165, 1.54) is 12.1 Å². The third-order valence-electron chi connectivity index (χ3n) is 3.48. The van der Waals surface area contributed by atoms with Crippen molar-refractivity contribution < 1.29 is 14.0 Å². The van der Waals surface area contributed by atoms with Crippen molar-refractivity contribution in [2.45, 2.75) is 39.5 Å². The van der Waals surface area contributed by atoms with Crippen molar-refractivity contribution in [2.75, 3.05) is 11.9 Å². The summed E-state index contributed by atoms with van der Waals surface area (Å²) >= 11 is 5.63. The molecule has 2 N–H and O–H groups in total. The Hall–Kier alpha value is -1.62. The van der Waals surface area contributed by atoms with Crippen LogP contribution in [0.2, 0.25) is 5.02 Å². The molecule has 0 spiro atoms. The molecule has 0 radical (unpaired) electrons. The second kappa shape index (κ2) is 9.41. The first-order valence-electron chi connectivity index (χ1n) is 7.52. The Labute approximate surface area is 135 Å². The number of anilines is 1. The van der Waals surface area contributed by atoms with E-state index in [2.05, 4.69) is 24.5 Å². The van der Waals surface area contributed by atoms with Gasteiger partial charge in [-0.25, -0.2) is 4.39 Å². The molecule has 1 atom stereocenters. The first kappa shape index (κ1) is 18.4. The summed E-state index contributed by atoms with van der Waals surface area (Å²) in [5.41, 5.74) is -0.0671. The molecule has 1 aromatic rings. The van der Waals surface area contributed by atoms with Gasteiger partial charge >= 0.3 is 11.8 Å². The summed E-state index contributed by atoms with van der Waals surface area (Å²) in [7, 11) is 0. The Kier molecular flexibility index (Phi) is 7.88. The van der Waals surface area contributed by atoms with Crippen molar-refractivity contribution >= 4 is 29.1 Å². The summed E-state index contributed by atoms with van der Waals surface area (Å²) in [4.78, 5) is 23.5. The van der Waals surface area contributed by atoms with E-state index in [0.717, 1.165) is 31.7 Å². The van der Waals surface area contributed by atoms with Crippen molar-refractivity contribution in [3.63, 3.8) is 0 Å². The smallest absolute Gasteiger partial charge is 0.313 e. The number of carbonyl (C=O) groups is 2. The number of amides is 2. The minimum Gasteiger partial charge on any atom is -0.348 e. The minimum atomic E-state index is -0.883. The van der Waals surface area contributed by atoms with Crippen LogP contribution in [-0.2, 0) is 9.59 Å². The standard InChI is InChI=1S/C16H22ClFN2O2/c1-3-5-6-11(4-2)10-19-15(21)16(22)20-14-8-7-12(17)9-13(14)18/h7-9,11H,3-6,10H2,1-2H3,(H,19,21)(H,20,22)/t11-/m1/s1. The van der Waals surface area contributed by atoms with Crippen molar-refractivity contribution in [1.29, 1.82) is 0 Å². The summed E-state index contributed by atoms with van der Waals surface area (Å²) < 4.78 is 13.6. The third-order valence-corrected chi connectivity index (χ3v) is 3.72. The number of nitrogens with one attached hydrogen (secondary N) is 2. The lowest BCUT2D eigenvalue weighted by Gasteiger charge is -2.15. The summed E-state index contributed by atoms with van der Waals surface area (Å²) in [6.07, 6.45) is 4.14. The molecule has 0 aliphatic rings. The number of benzene rings is 1. The van der Waals surface area contributed by atoms with Gasteiger partial charge in [0.2, 0.25) is 0 Å². The van der Waals surface area contributed by atoms with Crippen molar-refractivity contribution in [3.8, 4) is 0 Å². The lowest BCUT2D eigenvalue weighted by molar-refractivity contribution is -0.136. The van der Waals surface area contributed by atoms with Crippen LogP contribution < -0.4 is 10.6 Å². The number of hydrogen-bond acceptors (Lipinski definition) is 2. The Bertz CT molecular complexity index is 523. The summed E-state index contributed by atoms with van der Waals surface area (Å²) in [5, 5.41) is 5.06. The molecule has 0 saturated carbocycles. The molecule has 0 fully saturated rings. The van der Waals surface area contributed by atoms with Gasteiger partial charge in [0, 0.05) is 11.6 Å². The quantitative estimate of drug-likeness (QED) is 0.749. The molecule has 6 heteroatoms. The maximum atomic E-state index is 13.6. The van der Waals surface area contributed by atoms with Gasteiger partial charge in [0.15, 0.2) is 0 Å². The van der Waals surface area contributed by atoms with E-state index >= 15 is 0 Å². The van der Waals surface area contributed by atoms with Crippen LogP contribution in [0.25, 0.3) is 0 Å². The van der Waals surface area contributed by atoms with Crippen LogP contribution in [0.5, 0.6) is 0 Å². The highest BCUT2D eigenvalue weighted by molar-refractivity contribution is 6.39. The monoisotopic (exact) mass is 328 g/mol. The number of carbonyl (C=O) groups excluding carboxylic acids is 2. The number of rotatable bonds is 7. The van der Waals surface area contributed by atoms with Crippen LogP contribution in [0, 0.1) is 11.7 Å². The van der Waals surface area contributed by atoms with Crippen LogP contribution >= 0.6 is 11.6 Å². The van der Waals surface area contributed by atoms with Crippen molar-refractivity contribution in [3.05, 3.63) is 29.0 Å². The average Bonchev–Trinajstić information content (AvgIpc) is 2.49. The maximum absolute atomic E-state index is 13.6. The molecule has 0 heterocycles. The second-order valence-electron chi connectivity index (χ2n) is 5.20. The zero-order valence-electron chi connectivity index (χ0n) is 12.9. The fraction of sp³-hybridized carbons (Fsp3) is 0.500. The Morgan fingerprint density at radius 2 is 2.00 bits per heavy atom. The van der Waals surface area contributed by atoms with Crippen molar-refractivity contribution in [2.24, 2.45) is 5.92 Å². The molecular weight excluding hydrogens is 307 g/mol. The van der Waals surface area contributed by atoms with Gasteiger partial charge in [0.1, 0.15) is 5.82 Å². The third kappa shape index (κ3) is 6.02. The van der Waals surface area contributed by atoms with E-state index in [4.69, 9.17) is 11.6 Å². The van der Waals surface area contributed by atoms with Gasteiger partial charge in [-0.05, 0) is 30.5 Å². The molecule has 1 rings (SSSR count). The van der Waals surface area contributed by atoms with Crippen LogP contribution in [0.4, 0.5) is 10.1 Å². The second-order valence-corrected chi connectivity index (χ2v) is 5.64. The van der Waals surface area contributed by atoms with Crippen LogP contribution in [0.15, 0.2) is 18.2 Å². The van der Waals surface area contributed by atoms with Gasteiger partial charge in [-0.3, -0.25) is 9.59 Å². The summed E-state index contributed by atoms with van der Waals surface area (Å²) in [6.45, 7) is 4.61. The normalized spacial score (nSPS) is 11.8. The van der Waals surface area contributed by atoms with Gasteiger partial charge in [0.05, 0.1) is 5.69 Å². The molecule has 0 saturated heterocycles. The summed E-state index contributed by atoms with van der Waals surface area (Å²) in [6, 6.07) is 3.84. The molecule has 4 nitrogen and oxygen atoms in total. The summed E-state index contributed by atoms with van der Waals surface area (Å²) in [5.74, 6) is -1.97. The van der Waals surface area contributed by atoms with Gasteiger partial charge < -0.3 is 10.6 Å². The molecule has 22 heavy (non-hydrogen) atoms. The van der Waals surface area contributed by atoms with Crippen molar-refractivity contribution in [1.82, 2.24) is 5.32 Å². The predicted octanol–water partition coefficient (Wildman–Crippen LogP) is 3.75. The van der Waals surface area contributed by atoms with Crippen LogP contribution in [0.1, 0.15) is 39.5 Å². The molecule has 0 aliphatic heterocycles. The highest BCUT2D eigenvalue weighted by Crippen LogP contribution is 2.18. The molecule has 122 valence electrons. The van der Waals surface area contributed by atoms with E-state index in [1.807, 2.05) is 0 Å². The predicted molar refractivity (Wildman–Crippen MR) is 86.4 cm³/mol. The van der Waals surface area contributed by atoms with Gasteiger partial charge in [-0.2, -0.15) is 0 Å². The Balaban J connectivity index is 2.49. The number of unbranched alkanes of at least 4 members (excludes halogenated alkanes) is 1. The lowest BCUT2D eigenvalue weighted by atomic mass is 9.99. The molecule has 1 aromatic carbocycles. The molecule has 0 unspecified atom stereocenters. The zero-order chi connectivity index (χ0) is 16.5. The molecule has 0 aliphatic carbocycles. The van der Waals surface area contributed by atoms with Crippen LogP contribution in [-0.4, -0.2) is 18.4 Å². The topological polar surface area (TPSA) is 58.2 Å². The molecule has 2 amide bonds. The maximum Gasteiger partial charge on any atom is 0.313 e. The van der Waals surface area contributed by atoms with E-state index in [1.54, 1.807) is 0 Å². The minimum absolute atomic E-state index is 0.0671. The van der Waals surface area contributed by atoms with E-state index < -0.39 is 17.6 Å². The Morgan fingerprint density at radius 1 is 1.27 bits per heavy atom. The zero-order valence-corrected chi connectivity index (χ0v) is 13.7. The molecule has 0 aromatic heterocycles. The first-order valence-corrected chi connectivity index (χ1v) is 7.89. The molecular formula is C16H22ClFN2O2. The highest BCUT2D eigenvalue weighted by Gasteiger charge is 2.17. The van der Waals surface area contributed by atoms with Gasteiger partial charge in [-0.1, -0.05) is 44.7 Å². The average molecular weight is 329 g/mol. The number of hydrogen-bond donors (Lipinski definition) is 2. The van der Waals surface area contributed by atoms with E-state index in [-0.39, 0.29) is 10.7 Å². The van der Waals surface area contributed by atoms with Crippen LogP contribution in [0.3, 0.4) is 0 Å². The fourth-order valence-electron chi connectivity index (χ4n) is 2.03. The lowest BCUT2D eigenvalue weighted by Crippen LogP contribution is -2.38. The van der Waals surface area contributed by atoms with E-state index in [9.17, 15) is 14.0 Å². The van der Waals surface area contributed by atoms with Gasteiger partial charge in [0.25, 0.3) is 0 Å². The Morgan fingerprint density at radius 3 is 2.59 bits per heavy atom. The molecule has 0 bridgehead atoms. The number of halogens is 2. The van der Waals surface area contributed by atoms with Gasteiger partial charge in [-0.15, -0.1) is 0 Å². The largest absolute Gasteiger partial charge is 0.348 e. The van der Waals surface area contributed by atoms with E-state index in [0.29, 0.717) is 12.5 Å².